The molecule has 2 aromatic carbocycles. The Kier molecular flexibility index (Phi) is 10.7. The molecule has 0 unspecified atom stereocenters. The van der Waals surface area contributed by atoms with E-state index in [-0.39, 0.29) is 40.9 Å². The predicted molar refractivity (Wildman–Crippen MR) is 170 cm³/mol. The van der Waals surface area contributed by atoms with Crippen molar-refractivity contribution >= 4 is 11.0 Å². The Hall–Kier alpha value is -3.73. The first-order valence-corrected chi connectivity index (χ1v) is 15.6. The Morgan fingerprint density at radius 3 is 2.27 bits per heavy atom. The van der Waals surface area contributed by atoms with Gasteiger partial charge in [0, 0.05) is 29.7 Å². The lowest BCUT2D eigenvalue weighted by Gasteiger charge is -2.45. The highest BCUT2D eigenvalue weighted by Crippen LogP contribution is 2.41. The average Bonchev–Trinajstić information content (AvgIpc) is 3.05. The fourth-order valence-corrected chi connectivity index (χ4v) is 6.12. The number of phenols is 2. The van der Waals surface area contributed by atoms with Crippen molar-refractivity contribution in [2.24, 2.45) is 5.92 Å². The highest BCUT2D eigenvalue weighted by atomic mass is 16.7. The molecule has 5 rings (SSSR count). The maximum atomic E-state index is 14.1. The van der Waals surface area contributed by atoms with Gasteiger partial charge in [0.05, 0.1) is 25.4 Å². The summed E-state index contributed by atoms with van der Waals surface area (Å²) in [5, 5.41) is 84.1. The SMILES string of the molecule is COc1ccc(-c2oc3c(CC=C(C)C)c(O)cc(O)c3c(=O)c2O[C@@H]2O[C@H](C)[C@H](O[C@H]3C[C@H](CO)[C@@H](O)[C@H](O)[C@H]3O)[C@@H](O)[C@H]2O)cc1. The molecule has 1 aliphatic heterocycles. The first-order valence-electron chi connectivity index (χ1n) is 15.6. The predicted octanol–water partition coefficient (Wildman–Crippen LogP) is 1.08. The highest BCUT2D eigenvalue weighted by Gasteiger charge is 2.49. The maximum Gasteiger partial charge on any atom is 0.239 e. The van der Waals surface area contributed by atoms with Gasteiger partial charge in [-0.25, -0.2) is 0 Å². The summed E-state index contributed by atoms with van der Waals surface area (Å²) in [5.41, 5.74) is 0.589. The fourth-order valence-electron chi connectivity index (χ4n) is 6.12. The van der Waals surface area contributed by atoms with Crippen molar-refractivity contribution in [2.75, 3.05) is 13.7 Å². The van der Waals surface area contributed by atoms with Crippen LogP contribution in [0.1, 0.15) is 32.8 Å². The summed E-state index contributed by atoms with van der Waals surface area (Å²) in [7, 11) is 1.48. The zero-order valence-corrected chi connectivity index (χ0v) is 26.9. The molecular weight excluding hydrogens is 632 g/mol. The monoisotopic (exact) mass is 674 g/mol. The van der Waals surface area contributed by atoms with Crippen molar-refractivity contribution < 1.29 is 64.2 Å². The van der Waals surface area contributed by atoms with E-state index in [1.165, 1.54) is 14.0 Å². The first kappa shape index (κ1) is 35.6. The number of allylic oxidation sites excluding steroid dienone is 2. The zero-order valence-electron chi connectivity index (χ0n) is 26.9. The molecule has 8 N–H and O–H groups in total. The molecule has 14 nitrogen and oxygen atoms in total. The smallest absolute Gasteiger partial charge is 0.239 e. The van der Waals surface area contributed by atoms with Gasteiger partial charge in [-0.3, -0.25) is 4.79 Å². The number of fused-ring (bicyclic) bond motifs is 1. The van der Waals surface area contributed by atoms with E-state index in [0.717, 1.165) is 11.6 Å². The third kappa shape index (κ3) is 6.75. The minimum absolute atomic E-state index is 0.0557. The van der Waals surface area contributed by atoms with Gasteiger partial charge in [-0.05, 0) is 57.9 Å². The molecule has 262 valence electrons. The number of aliphatic hydroxyl groups excluding tert-OH is 6. The molecule has 1 saturated heterocycles. The van der Waals surface area contributed by atoms with E-state index in [9.17, 15) is 45.6 Å². The minimum atomic E-state index is -1.82. The van der Waals surface area contributed by atoms with Crippen LogP contribution in [-0.2, 0) is 15.9 Å². The molecule has 14 heteroatoms. The van der Waals surface area contributed by atoms with Crippen LogP contribution < -0.4 is 14.9 Å². The topological polar surface area (TPSA) is 229 Å². The van der Waals surface area contributed by atoms with Crippen LogP contribution in [0.2, 0.25) is 0 Å². The molecule has 3 aromatic rings. The standard InChI is InChI=1S/C34H42O14/c1-14(2)5-10-19-20(36)12-21(37)23-26(40)33(31(47-32(19)23)16-6-8-18(44-4)9-7-16)48-34-29(43)28(42)30(15(3)45-34)46-22-11-17(13-35)24(38)27(41)25(22)39/h5-9,12,15,17,22,24-25,27-30,34-39,41-43H,10-11,13H2,1-4H3/t15-,17-,22+,24-,25+,27+,28+,29-,30+,34+/m1/s1. The summed E-state index contributed by atoms with van der Waals surface area (Å²) in [5.74, 6) is -1.75. The number of phenolic OH excluding ortho intramolecular Hbond substituents is 2. The summed E-state index contributed by atoms with van der Waals surface area (Å²) in [6.07, 6.45) is -11.2. The molecular formula is C34H42O14. The third-order valence-electron chi connectivity index (χ3n) is 8.93. The van der Waals surface area contributed by atoms with Gasteiger partial charge in [0.15, 0.2) is 5.76 Å². The molecule has 48 heavy (non-hydrogen) atoms. The molecule has 1 aromatic heterocycles. The first-order chi connectivity index (χ1) is 22.8. The summed E-state index contributed by atoms with van der Waals surface area (Å²) in [6, 6.07) is 7.44. The van der Waals surface area contributed by atoms with Crippen molar-refractivity contribution in [1.82, 2.24) is 0 Å². The molecule has 2 fully saturated rings. The molecule has 0 radical (unpaired) electrons. The normalized spacial score (nSPS) is 30.6. The summed E-state index contributed by atoms with van der Waals surface area (Å²) in [6.45, 7) is 4.74. The van der Waals surface area contributed by atoms with Crippen LogP contribution in [0.3, 0.4) is 0 Å². The van der Waals surface area contributed by atoms with Crippen LogP contribution in [0.15, 0.2) is 51.2 Å². The number of rotatable bonds is 9. The number of benzene rings is 2. The van der Waals surface area contributed by atoms with Crippen LogP contribution in [-0.4, -0.2) is 110 Å². The number of aliphatic hydroxyl groups is 6. The second-order valence-corrected chi connectivity index (χ2v) is 12.5. The Bertz CT molecular complexity index is 1680. The average molecular weight is 675 g/mol. The lowest BCUT2D eigenvalue weighted by atomic mass is 9.81. The van der Waals surface area contributed by atoms with Gasteiger partial charge in [-0.15, -0.1) is 0 Å². The number of hydrogen-bond donors (Lipinski definition) is 8. The quantitative estimate of drug-likeness (QED) is 0.149. The number of methoxy groups -OCH3 is 1. The Balaban J connectivity index is 1.52. The summed E-state index contributed by atoms with van der Waals surface area (Å²) < 4.78 is 29.2. The van der Waals surface area contributed by atoms with Crippen molar-refractivity contribution in [3.63, 3.8) is 0 Å². The largest absolute Gasteiger partial charge is 0.507 e. The van der Waals surface area contributed by atoms with E-state index in [1.54, 1.807) is 24.3 Å². The molecule has 10 atom stereocenters. The fraction of sp³-hybridized carbons (Fsp3) is 0.500. The van der Waals surface area contributed by atoms with E-state index in [1.807, 2.05) is 19.9 Å². The molecule has 2 aliphatic rings. The highest BCUT2D eigenvalue weighted by molar-refractivity contribution is 5.91. The number of hydrogen-bond acceptors (Lipinski definition) is 14. The van der Waals surface area contributed by atoms with E-state index >= 15 is 0 Å². The van der Waals surface area contributed by atoms with E-state index in [0.29, 0.717) is 11.3 Å². The van der Waals surface area contributed by atoms with Gasteiger partial charge in [0.2, 0.25) is 17.5 Å². The molecule has 0 bridgehead atoms. The van der Waals surface area contributed by atoms with Crippen molar-refractivity contribution in [2.45, 2.75) is 88.7 Å². The van der Waals surface area contributed by atoms with Crippen LogP contribution >= 0.6 is 0 Å². The van der Waals surface area contributed by atoms with Crippen LogP contribution in [0, 0.1) is 5.92 Å². The van der Waals surface area contributed by atoms with Gasteiger partial charge in [0.25, 0.3) is 0 Å². The Morgan fingerprint density at radius 2 is 1.65 bits per heavy atom. The Morgan fingerprint density at radius 1 is 0.958 bits per heavy atom. The van der Waals surface area contributed by atoms with E-state index < -0.39 is 84.6 Å². The van der Waals surface area contributed by atoms with Crippen molar-refractivity contribution in [1.29, 1.82) is 0 Å². The van der Waals surface area contributed by atoms with E-state index in [2.05, 4.69) is 0 Å². The Labute approximate surface area is 275 Å². The molecule has 1 saturated carbocycles. The number of ether oxygens (including phenoxy) is 4. The lowest BCUT2D eigenvalue weighted by molar-refractivity contribution is -0.296. The van der Waals surface area contributed by atoms with Crippen LogP contribution in [0.4, 0.5) is 0 Å². The minimum Gasteiger partial charge on any atom is -0.507 e. The van der Waals surface area contributed by atoms with Crippen LogP contribution in [0.25, 0.3) is 22.3 Å². The lowest BCUT2D eigenvalue weighted by Crippen LogP contribution is -2.62. The maximum absolute atomic E-state index is 14.1. The van der Waals surface area contributed by atoms with Gasteiger partial charge >= 0.3 is 0 Å². The van der Waals surface area contributed by atoms with Gasteiger partial charge in [-0.2, -0.15) is 0 Å². The van der Waals surface area contributed by atoms with Crippen molar-refractivity contribution in [3.05, 3.63) is 57.8 Å². The molecule has 2 heterocycles. The second-order valence-electron chi connectivity index (χ2n) is 12.5. The van der Waals surface area contributed by atoms with Crippen LogP contribution in [0.5, 0.6) is 23.0 Å². The van der Waals surface area contributed by atoms with Crippen molar-refractivity contribution in [3.8, 4) is 34.3 Å². The second kappa shape index (κ2) is 14.4. The van der Waals surface area contributed by atoms with Gasteiger partial charge < -0.3 is 64.2 Å². The van der Waals surface area contributed by atoms with E-state index in [4.69, 9.17) is 23.4 Å². The molecule has 0 spiro atoms. The number of aromatic hydroxyl groups is 2. The molecule has 0 amide bonds. The molecule has 1 aliphatic carbocycles. The summed E-state index contributed by atoms with van der Waals surface area (Å²) in [4.78, 5) is 14.1. The zero-order chi connectivity index (χ0) is 35.0. The van der Waals surface area contributed by atoms with Gasteiger partial charge in [-0.1, -0.05) is 11.6 Å². The summed E-state index contributed by atoms with van der Waals surface area (Å²) >= 11 is 0. The third-order valence-corrected chi connectivity index (χ3v) is 8.93. The van der Waals surface area contributed by atoms with Gasteiger partial charge in [0.1, 0.15) is 58.7 Å².